The number of ether oxygens (including phenoxy) is 2. The smallest absolute Gasteiger partial charge is 0.412 e. The van der Waals surface area contributed by atoms with Crippen LogP contribution in [0.4, 0.5) is 4.79 Å². The number of aliphatic hydroxyl groups is 2. The number of amides is 1. The Morgan fingerprint density at radius 3 is 2.67 bits per heavy atom. The van der Waals surface area contributed by atoms with Crippen molar-refractivity contribution in [1.29, 1.82) is 0 Å². The van der Waals surface area contributed by atoms with Crippen molar-refractivity contribution in [2.24, 2.45) is 0 Å². The van der Waals surface area contributed by atoms with Crippen LogP contribution in [0.25, 0.3) is 0 Å². The molecule has 0 aliphatic carbocycles. The predicted octanol–water partition coefficient (Wildman–Crippen LogP) is 0.713. The molecule has 18 heavy (non-hydrogen) atoms. The quantitative estimate of drug-likeness (QED) is 0.727. The van der Waals surface area contributed by atoms with Crippen molar-refractivity contribution in [3.8, 4) is 0 Å². The topological polar surface area (TPSA) is 79.2 Å². The van der Waals surface area contributed by atoms with Crippen molar-refractivity contribution in [1.82, 2.24) is 4.90 Å². The van der Waals surface area contributed by atoms with Gasteiger partial charge in [0.25, 0.3) is 0 Å². The van der Waals surface area contributed by atoms with Gasteiger partial charge in [-0.05, 0) is 27.7 Å². The fraction of sp³-hybridized carbons (Fsp3) is 0.917. The van der Waals surface area contributed by atoms with E-state index in [1.165, 1.54) is 4.90 Å². The van der Waals surface area contributed by atoms with Gasteiger partial charge in [0.15, 0.2) is 6.23 Å². The number of carbonyl (C=O) groups is 1. The van der Waals surface area contributed by atoms with Gasteiger partial charge >= 0.3 is 6.09 Å². The summed E-state index contributed by atoms with van der Waals surface area (Å²) in [5.41, 5.74) is -1.67. The lowest BCUT2D eigenvalue weighted by molar-refractivity contribution is -0.0813. The van der Waals surface area contributed by atoms with Crippen LogP contribution in [0, 0.1) is 0 Å². The van der Waals surface area contributed by atoms with Crippen LogP contribution in [-0.2, 0) is 9.47 Å². The molecule has 1 aliphatic heterocycles. The molecule has 0 bridgehead atoms. The van der Waals surface area contributed by atoms with Crippen LogP contribution in [-0.4, -0.2) is 58.4 Å². The Bertz CT molecular complexity index is 297. The van der Waals surface area contributed by atoms with E-state index < -0.39 is 23.5 Å². The van der Waals surface area contributed by atoms with E-state index >= 15 is 0 Å². The first kappa shape index (κ1) is 15.2. The number of hydrogen-bond acceptors (Lipinski definition) is 5. The molecular formula is C12H23NO5. The summed E-state index contributed by atoms with van der Waals surface area (Å²) in [5, 5.41) is 19.3. The van der Waals surface area contributed by atoms with Gasteiger partial charge in [0.05, 0.1) is 25.4 Å². The highest BCUT2D eigenvalue weighted by molar-refractivity contribution is 5.68. The molecule has 0 saturated carbocycles. The Morgan fingerprint density at radius 1 is 1.56 bits per heavy atom. The van der Waals surface area contributed by atoms with Gasteiger partial charge < -0.3 is 19.7 Å². The molecule has 106 valence electrons. The highest BCUT2D eigenvalue weighted by Crippen LogP contribution is 2.21. The molecule has 2 atom stereocenters. The summed E-state index contributed by atoms with van der Waals surface area (Å²) in [6.07, 6.45) is -0.958. The van der Waals surface area contributed by atoms with Crippen molar-refractivity contribution in [2.75, 3.05) is 19.8 Å². The number of rotatable bonds is 1. The highest BCUT2D eigenvalue weighted by Gasteiger charge is 2.37. The zero-order valence-corrected chi connectivity index (χ0v) is 11.5. The van der Waals surface area contributed by atoms with Gasteiger partial charge in [-0.2, -0.15) is 0 Å². The normalized spacial score (nSPS) is 29.9. The van der Waals surface area contributed by atoms with Crippen LogP contribution in [0.5, 0.6) is 0 Å². The number of aliphatic hydroxyl groups excluding tert-OH is 1. The van der Waals surface area contributed by atoms with Crippen molar-refractivity contribution in [3.63, 3.8) is 0 Å². The molecule has 0 radical (unpaired) electrons. The van der Waals surface area contributed by atoms with Gasteiger partial charge in [0.2, 0.25) is 0 Å². The molecular weight excluding hydrogens is 238 g/mol. The highest BCUT2D eigenvalue weighted by atomic mass is 16.6. The van der Waals surface area contributed by atoms with E-state index in [1.807, 2.05) is 0 Å². The van der Waals surface area contributed by atoms with Crippen molar-refractivity contribution >= 4 is 6.09 Å². The van der Waals surface area contributed by atoms with E-state index in [9.17, 15) is 15.0 Å². The maximum absolute atomic E-state index is 12.0. The monoisotopic (exact) mass is 261 g/mol. The van der Waals surface area contributed by atoms with Gasteiger partial charge in [-0.15, -0.1) is 0 Å². The average molecular weight is 261 g/mol. The van der Waals surface area contributed by atoms with Crippen molar-refractivity contribution in [2.45, 2.75) is 51.5 Å². The summed E-state index contributed by atoms with van der Waals surface area (Å²) in [4.78, 5) is 13.3. The van der Waals surface area contributed by atoms with E-state index in [4.69, 9.17) is 9.47 Å². The number of nitrogens with zero attached hydrogens (tertiary/aromatic N) is 1. The summed E-state index contributed by atoms with van der Waals surface area (Å²) >= 11 is 0. The molecule has 1 amide bonds. The van der Waals surface area contributed by atoms with Gasteiger partial charge in [-0.25, -0.2) is 4.79 Å². The van der Waals surface area contributed by atoms with E-state index in [2.05, 4.69) is 0 Å². The molecule has 1 unspecified atom stereocenters. The first-order chi connectivity index (χ1) is 8.14. The Kier molecular flexibility index (Phi) is 4.58. The molecule has 0 aromatic heterocycles. The SMILES string of the molecule is CC1(O)CCO[C@H](CO)N(C(=O)OC(C)(C)C)C1. The van der Waals surface area contributed by atoms with Gasteiger partial charge in [-0.3, -0.25) is 4.90 Å². The fourth-order valence-corrected chi connectivity index (χ4v) is 1.71. The standard InChI is InChI=1S/C12H23NO5/c1-11(2,3)18-10(15)13-8-12(4,16)5-6-17-9(13)7-14/h9,14,16H,5-8H2,1-4H3/t9-,12?/m1/s1. The van der Waals surface area contributed by atoms with Crippen molar-refractivity contribution in [3.05, 3.63) is 0 Å². The number of carbonyl (C=O) groups excluding carboxylic acids is 1. The summed E-state index contributed by atoms with van der Waals surface area (Å²) in [6.45, 7) is 6.95. The number of hydrogen-bond donors (Lipinski definition) is 2. The second kappa shape index (κ2) is 5.42. The predicted molar refractivity (Wildman–Crippen MR) is 65.0 cm³/mol. The third kappa shape index (κ3) is 4.44. The van der Waals surface area contributed by atoms with Crippen LogP contribution >= 0.6 is 0 Å². The maximum Gasteiger partial charge on any atom is 0.412 e. The second-order valence-electron chi connectivity index (χ2n) is 5.86. The molecule has 2 N–H and O–H groups in total. The summed E-state index contributed by atoms with van der Waals surface area (Å²) in [6, 6.07) is 0. The van der Waals surface area contributed by atoms with E-state index in [0.29, 0.717) is 6.42 Å². The van der Waals surface area contributed by atoms with Gasteiger partial charge in [0.1, 0.15) is 5.60 Å². The molecule has 0 aromatic rings. The summed E-state index contributed by atoms with van der Waals surface area (Å²) in [7, 11) is 0. The third-order valence-corrected chi connectivity index (χ3v) is 2.59. The Balaban J connectivity index is 2.82. The molecule has 1 fully saturated rings. The molecule has 1 heterocycles. The van der Waals surface area contributed by atoms with Crippen molar-refractivity contribution < 1.29 is 24.5 Å². The van der Waals surface area contributed by atoms with E-state index in [1.54, 1.807) is 27.7 Å². The van der Waals surface area contributed by atoms with E-state index in [-0.39, 0.29) is 19.8 Å². The lowest BCUT2D eigenvalue weighted by Crippen LogP contribution is -2.50. The molecule has 0 spiro atoms. The van der Waals surface area contributed by atoms with Gasteiger partial charge in [0, 0.05) is 6.42 Å². The molecule has 0 aromatic carbocycles. The van der Waals surface area contributed by atoms with Crippen LogP contribution < -0.4 is 0 Å². The van der Waals surface area contributed by atoms with E-state index in [0.717, 1.165) is 0 Å². The van der Waals surface area contributed by atoms with Crippen LogP contribution in [0.3, 0.4) is 0 Å². The van der Waals surface area contributed by atoms with Crippen LogP contribution in [0.1, 0.15) is 34.1 Å². The lowest BCUT2D eigenvalue weighted by atomic mass is 10.0. The second-order valence-corrected chi connectivity index (χ2v) is 5.86. The van der Waals surface area contributed by atoms with Crippen LogP contribution in [0.15, 0.2) is 0 Å². The summed E-state index contributed by atoms with van der Waals surface area (Å²) in [5.74, 6) is 0. The zero-order valence-electron chi connectivity index (χ0n) is 11.5. The first-order valence-electron chi connectivity index (χ1n) is 6.09. The average Bonchev–Trinajstić information content (AvgIpc) is 2.33. The Labute approximate surface area is 107 Å². The Hall–Kier alpha value is -0.850. The molecule has 6 heteroatoms. The molecule has 1 rings (SSSR count). The zero-order chi connectivity index (χ0) is 14.0. The Morgan fingerprint density at radius 2 is 2.17 bits per heavy atom. The van der Waals surface area contributed by atoms with Crippen LogP contribution in [0.2, 0.25) is 0 Å². The molecule has 6 nitrogen and oxygen atoms in total. The van der Waals surface area contributed by atoms with Gasteiger partial charge in [-0.1, -0.05) is 0 Å². The first-order valence-corrected chi connectivity index (χ1v) is 6.09. The minimum atomic E-state index is -1.04. The minimum Gasteiger partial charge on any atom is -0.444 e. The fourth-order valence-electron chi connectivity index (χ4n) is 1.71. The lowest BCUT2D eigenvalue weighted by Gasteiger charge is -2.33. The molecule has 1 aliphatic rings. The summed E-state index contributed by atoms with van der Waals surface area (Å²) < 4.78 is 10.6. The largest absolute Gasteiger partial charge is 0.444 e. The molecule has 1 saturated heterocycles. The number of β-amino-alcohol motifs (C(OH)–C–C–N with tert-alkyl or cyclic N) is 1. The maximum atomic E-state index is 12.0. The third-order valence-electron chi connectivity index (χ3n) is 2.59. The minimum absolute atomic E-state index is 0.0765.